The number of amides is 1. The zero-order chi connectivity index (χ0) is 16.2. The lowest BCUT2D eigenvalue weighted by molar-refractivity contribution is 0.102. The molecule has 3 aromatic rings. The molecule has 2 aromatic heterocycles. The third kappa shape index (κ3) is 3.06. The number of benzene rings is 1. The van der Waals surface area contributed by atoms with Crippen molar-refractivity contribution < 1.29 is 9.53 Å². The van der Waals surface area contributed by atoms with Gasteiger partial charge in [0.25, 0.3) is 5.91 Å². The van der Waals surface area contributed by atoms with E-state index in [-0.39, 0.29) is 5.91 Å². The summed E-state index contributed by atoms with van der Waals surface area (Å²) in [5.41, 5.74) is 3.33. The van der Waals surface area contributed by atoms with E-state index in [1.165, 1.54) is 0 Å². The van der Waals surface area contributed by atoms with Gasteiger partial charge in [-0.1, -0.05) is 6.07 Å². The number of aryl methyl sites for hydroxylation is 1. The number of nitrogens with one attached hydrogen (secondary N) is 2. The topological polar surface area (TPSA) is 79.9 Å². The summed E-state index contributed by atoms with van der Waals surface area (Å²) in [5, 5.41) is 10.1. The molecule has 2 heterocycles. The monoisotopic (exact) mass is 308 g/mol. The van der Waals surface area contributed by atoms with Gasteiger partial charge in [-0.05, 0) is 43.3 Å². The molecule has 0 fully saturated rings. The van der Waals surface area contributed by atoms with E-state index < -0.39 is 0 Å². The minimum absolute atomic E-state index is 0.273. The van der Waals surface area contributed by atoms with E-state index in [1.54, 1.807) is 31.5 Å². The highest BCUT2D eigenvalue weighted by molar-refractivity contribution is 6.05. The fourth-order valence-corrected chi connectivity index (χ4v) is 2.21. The quantitative estimate of drug-likeness (QED) is 0.776. The van der Waals surface area contributed by atoms with Gasteiger partial charge in [-0.2, -0.15) is 5.10 Å². The van der Waals surface area contributed by atoms with Gasteiger partial charge in [-0.25, -0.2) is 0 Å². The van der Waals surface area contributed by atoms with Crippen LogP contribution in [-0.2, 0) is 0 Å². The predicted octanol–water partition coefficient (Wildman–Crippen LogP) is 3.04. The highest BCUT2D eigenvalue weighted by atomic mass is 16.5. The number of nitrogens with zero attached hydrogens (tertiary/aromatic N) is 2. The minimum atomic E-state index is -0.273. The van der Waals surface area contributed by atoms with Gasteiger partial charge in [0.2, 0.25) is 0 Å². The Morgan fingerprint density at radius 1 is 1.17 bits per heavy atom. The van der Waals surface area contributed by atoms with Crippen LogP contribution in [0.15, 0.2) is 48.7 Å². The van der Waals surface area contributed by atoms with Crippen molar-refractivity contribution in [3.63, 3.8) is 0 Å². The Morgan fingerprint density at radius 2 is 1.96 bits per heavy atom. The molecule has 3 rings (SSSR count). The number of carbonyl (C=O) groups excluding carboxylic acids is 1. The van der Waals surface area contributed by atoms with E-state index in [1.807, 2.05) is 31.2 Å². The van der Waals surface area contributed by atoms with Gasteiger partial charge in [0.15, 0.2) is 0 Å². The van der Waals surface area contributed by atoms with E-state index in [0.29, 0.717) is 17.1 Å². The van der Waals surface area contributed by atoms with E-state index >= 15 is 0 Å². The van der Waals surface area contributed by atoms with Crippen LogP contribution in [0.1, 0.15) is 16.2 Å². The summed E-state index contributed by atoms with van der Waals surface area (Å²) in [6, 6.07) is 12.7. The Balaban J connectivity index is 1.91. The summed E-state index contributed by atoms with van der Waals surface area (Å²) < 4.78 is 5.16. The second-order valence-corrected chi connectivity index (χ2v) is 4.97. The largest absolute Gasteiger partial charge is 0.497 e. The average Bonchev–Trinajstić information content (AvgIpc) is 2.96. The first-order chi connectivity index (χ1) is 11.2. The summed E-state index contributed by atoms with van der Waals surface area (Å²) in [5.74, 6) is 0.491. The number of hydrogen-bond acceptors (Lipinski definition) is 4. The van der Waals surface area contributed by atoms with Crippen molar-refractivity contribution in [3.8, 4) is 17.0 Å². The molecule has 0 unspecified atom stereocenters. The molecule has 2 N–H and O–H groups in total. The Hall–Kier alpha value is -3.15. The Labute approximate surface area is 133 Å². The smallest absolute Gasteiger partial charge is 0.274 e. The number of H-pyrrole nitrogens is 1. The number of rotatable bonds is 4. The fourth-order valence-electron chi connectivity index (χ4n) is 2.21. The highest BCUT2D eigenvalue weighted by Crippen LogP contribution is 2.29. The van der Waals surface area contributed by atoms with E-state index in [9.17, 15) is 4.79 Å². The normalized spacial score (nSPS) is 10.3. The minimum Gasteiger partial charge on any atom is -0.497 e. The number of anilines is 1. The third-order valence-corrected chi connectivity index (χ3v) is 3.45. The number of aromatic nitrogens is 3. The van der Waals surface area contributed by atoms with Crippen LogP contribution in [0.5, 0.6) is 5.75 Å². The van der Waals surface area contributed by atoms with Crippen molar-refractivity contribution in [1.82, 2.24) is 15.2 Å². The Bertz CT molecular complexity index is 810. The predicted molar refractivity (Wildman–Crippen MR) is 87.5 cm³/mol. The van der Waals surface area contributed by atoms with Crippen LogP contribution in [0.25, 0.3) is 11.3 Å². The van der Waals surface area contributed by atoms with Crippen LogP contribution < -0.4 is 10.1 Å². The second-order valence-electron chi connectivity index (χ2n) is 4.97. The van der Waals surface area contributed by atoms with Crippen molar-refractivity contribution in [1.29, 1.82) is 0 Å². The lowest BCUT2D eigenvalue weighted by Gasteiger charge is -2.07. The Kier molecular flexibility index (Phi) is 4.05. The summed E-state index contributed by atoms with van der Waals surface area (Å²) in [6.07, 6.45) is 1.58. The van der Waals surface area contributed by atoms with Gasteiger partial charge in [-0.3, -0.25) is 14.9 Å². The van der Waals surface area contributed by atoms with Crippen molar-refractivity contribution in [3.05, 3.63) is 60.0 Å². The maximum Gasteiger partial charge on any atom is 0.274 e. The van der Waals surface area contributed by atoms with E-state index in [0.717, 1.165) is 17.0 Å². The van der Waals surface area contributed by atoms with Gasteiger partial charge in [0, 0.05) is 11.8 Å². The van der Waals surface area contributed by atoms with Crippen LogP contribution in [0, 0.1) is 6.92 Å². The molecule has 0 aliphatic rings. The summed E-state index contributed by atoms with van der Waals surface area (Å²) in [6.45, 7) is 1.86. The molecule has 0 spiro atoms. The van der Waals surface area contributed by atoms with Crippen LogP contribution in [0.3, 0.4) is 0 Å². The molecule has 6 heteroatoms. The molecule has 1 aromatic carbocycles. The highest BCUT2D eigenvalue weighted by Gasteiger charge is 2.16. The molecule has 23 heavy (non-hydrogen) atoms. The lowest BCUT2D eigenvalue weighted by Crippen LogP contribution is -2.14. The molecule has 0 aliphatic heterocycles. The van der Waals surface area contributed by atoms with Crippen molar-refractivity contribution >= 4 is 11.6 Å². The number of carbonyl (C=O) groups is 1. The van der Waals surface area contributed by atoms with Crippen molar-refractivity contribution in [2.24, 2.45) is 0 Å². The molecular weight excluding hydrogens is 292 g/mol. The van der Waals surface area contributed by atoms with E-state index in [4.69, 9.17) is 4.74 Å². The van der Waals surface area contributed by atoms with Gasteiger partial charge < -0.3 is 10.1 Å². The standard InChI is InChI=1S/C17H16N4O2/c1-11-15(19-17(22)14-5-3-4-10-18-14)16(21-20-11)12-6-8-13(23-2)9-7-12/h3-10H,1-2H3,(H,19,22)(H,20,21). The van der Waals surface area contributed by atoms with Crippen molar-refractivity contribution in [2.75, 3.05) is 12.4 Å². The molecular formula is C17H16N4O2. The summed E-state index contributed by atoms with van der Waals surface area (Å²) in [4.78, 5) is 16.4. The first-order valence-corrected chi connectivity index (χ1v) is 7.11. The third-order valence-electron chi connectivity index (χ3n) is 3.45. The number of hydrogen-bond donors (Lipinski definition) is 2. The van der Waals surface area contributed by atoms with E-state index in [2.05, 4.69) is 20.5 Å². The summed E-state index contributed by atoms with van der Waals surface area (Å²) >= 11 is 0. The Morgan fingerprint density at radius 3 is 2.61 bits per heavy atom. The zero-order valence-corrected chi connectivity index (χ0v) is 12.8. The molecule has 0 aliphatic carbocycles. The van der Waals surface area contributed by atoms with Gasteiger partial charge in [0.05, 0.1) is 18.5 Å². The molecule has 1 amide bonds. The van der Waals surface area contributed by atoms with Crippen LogP contribution in [-0.4, -0.2) is 28.2 Å². The second kappa shape index (κ2) is 6.31. The number of ether oxygens (including phenoxy) is 1. The van der Waals surface area contributed by atoms with Crippen LogP contribution in [0.4, 0.5) is 5.69 Å². The molecule has 0 bridgehead atoms. The average molecular weight is 308 g/mol. The number of pyridine rings is 1. The first kappa shape index (κ1) is 14.8. The first-order valence-electron chi connectivity index (χ1n) is 7.11. The van der Waals surface area contributed by atoms with Crippen LogP contribution in [0.2, 0.25) is 0 Å². The van der Waals surface area contributed by atoms with Gasteiger partial charge in [-0.15, -0.1) is 0 Å². The molecule has 116 valence electrons. The van der Waals surface area contributed by atoms with Crippen molar-refractivity contribution in [2.45, 2.75) is 6.92 Å². The lowest BCUT2D eigenvalue weighted by atomic mass is 10.1. The van der Waals surface area contributed by atoms with Crippen LogP contribution >= 0.6 is 0 Å². The molecule has 0 radical (unpaired) electrons. The van der Waals surface area contributed by atoms with Gasteiger partial charge in [0.1, 0.15) is 17.1 Å². The molecule has 6 nitrogen and oxygen atoms in total. The maximum absolute atomic E-state index is 12.3. The van der Waals surface area contributed by atoms with Gasteiger partial charge >= 0.3 is 0 Å². The number of methoxy groups -OCH3 is 1. The molecule has 0 saturated heterocycles. The zero-order valence-electron chi connectivity index (χ0n) is 12.8. The molecule has 0 atom stereocenters. The fraction of sp³-hybridized carbons (Fsp3) is 0.118. The molecule has 0 saturated carbocycles. The SMILES string of the molecule is COc1ccc(-c2n[nH]c(C)c2NC(=O)c2ccccn2)cc1. The number of aromatic amines is 1. The summed E-state index contributed by atoms with van der Waals surface area (Å²) in [7, 11) is 1.62. The maximum atomic E-state index is 12.3.